The van der Waals surface area contributed by atoms with E-state index < -0.39 is 23.4 Å². The molecule has 1 aliphatic heterocycles. The highest BCUT2D eigenvalue weighted by molar-refractivity contribution is 6.09. The number of hydrogen-bond donors (Lipinski definition) is 2. The Kier molecular flexibility index (Phi) is 3.59. The summed E-state index contributed by atoms with van der Waals surface area (Å²) in [5.41, 5.74) is 2.67. The second-order valence-electron chi connectivity index (χ2n) is 5.80. The number of hydrogen-bond acceptors (Lipinski definition) is 4. The van der Waals surface area contributed by atoms with Gasteiger partial charge < -0.3 is 5.32 Å². The lowest BCUT2D eigenvalue weighted by atomic mass is 9.92. The molecule has 2 heterocycles. The van der Waals surface area contributed by atoms with Crippen LogP contribution in [0.3, 0.4) is 0 Å². The monoisotopic (exact) mass is 327 g/mol. The molecular weight excluding hydrogens is 310 g/mol. The molecule has 1 aromatic carbocycles. The summed E-state index contributed by atoms with van der Waals surface area (Å²) in [5.74, 6) is -1.13. The number of amides is 4. The van der Waals surface area contributed by atoms with Crippen LogP contribution in [0.5, 0.6) is 0 Å². The highest BCUT2D eigenvalue weighted by Gasteiger charge is 2.50. The first-order chi connectivity index (χ1) is 11.3. The van der Waals surface area contributed by atoms with Crippen molar-refractivity contribution in [1.82, 2.24) is 25.5 Å². The molecule has 2 aromatic rings. The zero-order valence-electron chi connectivity index (χ0n) is 13.5. The van der Waals surface area contributed by atoms with Crippen molar-refractivity contribution in [1.29, 1.82) is 0 Å². The molecule has 0 unspecified atom stereocenters. The molecule has 0 saturated carbocycles. The largest absolute Gasteiger partial charge is 0.344 e. The van der Waals surface area contributed by atoms with Crippen molar-refractivity contribution in [3.05, 3.63) is 53.3 Å². The lowest BCUT2D eigenvalue weighted by molar-refractivity contribution is -0.132. The fourth-order valence-electron chi connectivity index (χ4n) is 2.69. The normalized spacial score (nSPS) is 20.2. The lowest BCUT2D eigenvalue weighted by Gasteiger charge is -2.22. The second kappa shape index (κ2) is 5.48. The molecule has 8 heteroatoms. The van der Waals surface area contributed by atoms with Gasteiger partial charge in [-0.1, -0.05) is 30.3 Å². The molecule has 24 heavy (non-hydrogen) atoms. The zero-order chi connectivity index (χ0) is 17.5. The summed E-state index contributed by atoms with van der Waals surface area (Å²) in [6, 6.07) is 9.75. The number of carbonyl (C=O) groups excluding carboxylic acids is 3. The van der Waals surface area contributed by atoms with Crippen LogP contribution >= 0.6 is 0 Å². The maximum Gasteiger partial charge on any atom is 0.344 e. The molecule has 0 aliphatic carbocycles. The summed E-state index contributed by atoms with van der Waals surface area (Å²) >= 11 is 0. The highest BCUT2D eigenvalue weighted by Crippen LogP contribution is 2.27. The van der Waals surface area contributed by atoms with Gasteiger partial charge >= 0.3 is 6.03 Å². The van der Waals surface area contributed by atoms with E-state index in [9.17, 15) is 14.4 Å². The smallest absolute Gasteiger partial charge is 0.318 e. The van der Waals surface area contributed by atoms with E-state index in [4.69, 9.17) is 0 Å². The third-order valence-electron chi connectivity index (χ3n) is 3.99. The van der Waals surface area contributed by atoms with E-state index in [1.54, 1.807) is 51.2 Å². The van der Waals surface area contributed by atoms with Crippen molar-refractivity contribution >= 4 is 17.8 Å². The van der Waals surface area contributed by atoms with Crippen molar-refractivity contribution in [2.75, 3.05) is 0 Å². The van der Waals surface area contributed by atoms with Crippen molar-refractivity contribution in [3.8, 4) is 0 Å². The minimum absolute atomic E-state index is 0.251. The molecule has 8 nitrogen and oxygen atoms in total. The van der Waals surface area contributed by atoms with Crippen molar-refractivity contribution < 1.29 is 14.4 Å². The van der Waals surface area contributed by atoms with E-state index in [1.165, 1.54) is 4.68 Å². The number of aromatic nitrogens is 2. The van der Waals surface area contributed by atoms with Gasteiger partial charge in [-0.2, -0.15) is 10.1 Å². The Hall–Kier alpha value is -3.16. The average molecular weight is 327 g/mol. The third-order valence-corrected chi connectivity index (χ3v) is 3.99. The summed E-state index contributed by atoms with van der Waals surface area (Å²) < 4.78 is 1.39. The summed E-state index contributed by atoms with van der Waals surface area (Å²) in [6.07, 6.45) is 0. The van der Waals surface area contributed by atoms with E-state index in [1.807, 2.05) is 6.07 Å². The number of carbonyl (C=O) groups is 3. The third kappa shape index (κ3) is 2.41. The Bertz CT molecular complexity index is 829. The second-order valence-corrected chi connectivity index (χ2v) is 5.80. The summed E-state index contributed by atoms with van der Waals surface area (Å²) in [7, 11) is 1.61. The van der Waals surface area contributed by atoms with Gasteiger partial charge in [-0.25, -0.2) is 4.79 Å². The summed E-state index contributed by atoms with van der Waals surface area (Å²) in [4.78, 5) is 37.2. The van der Waals surface area contributed by atoms with Crippen LogP contribution in [-0.4, -0.2) is 32.6 Å². The molecule has 124 valence electrons. The molecule has 1 fully saturated rings. The Morgan fingerprint density at radius 1 is 1.25 bits per heavy atom. The van der Waals surface area contributed by atoms with Crippen LogP contribution in [0.2, 0.25) is 0 Å². The van der Waals surface area contributed by atoms with Crippen molar-refractivity contribution in [2.45, 2.75) is 19.4 Å². The number of rotatable bonds is 3. The molecule has 2 N–H and O–H groups in total. The fraction of sp³-hybridized carbons (Fsp3) is 0.250. The molecule has 4 amide bonds. The molecule has 1 saturated heterocycles. The van der Waals surface area contributed by atoms with Gasteiger partial charge in [0.2, 0.25) is 0 Å². The number of hydrazine groups is 1. The van der Waals surface area contributed by atoms with Gasteiger partial charge in [-0.3, -0.25) is 19.7 Å². The van der Waals surface area contributed by atoms with Crippen molar-refractivity contribution in [2.24, 2.45) is 7.05 Å². The molecule has 1 aromatic heterocycles. The fourth-order valence-corrected chi connectivity index (χ4v) is 2.69. The first-order valence-corrected chi connectivity index (χ1v) is 7.37. The molecule has 0 spiro atoms. The Morgan fingerprint density at radius 3 is 2.50 bits per heavy atom. The number of aryl methyl sites for hydroxylation is 2. The van der Waals surface area contributed by atoms with E-state index in [0.717, 1.165) is 0 Å². The van der Waals surface area contributed by atoms with Gasteiger partial charge in [-0.05, 0) is 25.5 Å². The highest BCUT2D eigenvalue weighted by atomic mass is 16.2. The number of benzene rings is 1. The van der Waals surface area contributed by atoms with Gasteiger partial charge in [-0.15, -0.1) is 0 Å². The van der Waals surface area contributed by atoms with E-state index in [2.05, 4.69) is 15.8 Å². The predicted molar refractivity (Wildman–Crippen MR) is 84.6 cm³/mol. The van der Waals surface area contributed by atoms with Crippen molar-refractivity contribution in [3.63, 3.8) is 0 Å². The van der Waals surface area contributed by atoms with Gasteiger partial charge in [0, 0.05) is 7.05 Å². The predicted octanol–water partition coefficient (Wildman–Crippen LogP) is 0.841. The molecule has 1 atom stereocenters. The topological polar surface area (TPSA) is 96.3 Å². The minimum atomic E-state index is -1.23. The van der Waals surface area contributed by atoms with Crippen LogP contribution in [0.1, 0.15) is 28.7 Å². The molecule has 0 bridgehead atoms. The maximum atomic E-state index is 12.7. The molecule has 1 aliphatic rings. The van der Waals surface area contributed by atoms with Crippen LogP contribution in [0.15, 0.2) is 36.4 Å². The van der Waals surface area contributed by atoms with E-state index >= 15 is 0 Å². The maximum absolute atomic E-state index is 12.7. The van der Waals surface area contributed by atoms with Crippen LogP contribution in [0.25, 0.3) is 0 Å². The molecule has 0 radical (unpaired) electrons. The lowest BCUT2D eigenvalue weighted by Crippen LogP contribution is -2.48. The Labute approximate surface area is 138 Å². The Morgan fingerprint density at radius 2 is 1.92 bits per heavy atom. The van der Waals surface area contributed by atoms with Crippen LogP contribution < -0.4 is 10.7 Å². The van der Waals surface area contributed by atoms with E-state index in [-0.39, 0.29) is 5.69 Å². The standard InChI is InChI=1S/C16H17N5O3/c1-10-9-12(20(3)18-10)13(22)19-21-14(23)16(2,17-15(21)24)11-7-5-4-6-8-11/h4-9H,1-3H3,(H,17,24)(H,19,22)/t16-/m1/s1. The number of nitrogens with zero attached hydrogens (tertiary/aromatic N) is 3. The average Bonchev–Trinajstić information content (AvgIpc) is 3.00. The zero-order valence-corrected chi connectivity index (χ0v) is 13.5. The Balaban J connectivity index is 1.85. The molecular formula is C16H17N5O3. The number of urea groups is 1. The van der Waals surface area contributed by atoms with Gasteiger partial charge in [0.15, 0.2) is 0 Å². The number of nitrogens with one attached hydrogen (secondary N) is 2. The van der Waals surface area contributed by atoms with Gasteiger partial charge in [0.1, 0.15) is 11.2 Å². The minimum Gasteiger partial charge on any atom is -0.318 e. The summed E-state index contributed by atoms with van der Waals surface area (Å²) in [5, 5.41) is 7.40. The van der Waals surface area contributed by atoms with Gasteiger partial charge in [0.25, 0.3) is 11.8 Å². The van der Waals surface area contributed by atoms with Crippen LogP contribution in [0, 0.1) is 6.92 Å². The van der Waals surface area contributed by atoms with Crippen LogP contribution in [0.4, 0.5) is 4.79 Å². The first-order valence-electron chi connectivity index (χ1n) is 7.37. The van der Waals surface area contributed by atoms with Crippen LogP contribution in [-0.2, 0) is 17.4 Å². The quantitative estimate of drug-likeness (QED) is 0.817. The SMILES string of the molecule is Cc1cc(C(=O)NN2C(=O)N[C@](C)(c3ccccc3)C2=O)n(C)n1. The van der Waals surface area contributed by atoms with Gasteiger partial charge in [0.05, 0.1) is 5.69 Å². The first kappa shape index (κ1) is 15.7. The number of imide groups is 1. The summed E-state index contributed by atoms with van der Waals surface area (Å²) in [6.45, 7) is 3.35. The molecule has 3 rings (SSSR count). The van der Waals surface area contributed by atoms with E-state index in [0.29, 0.717) is 16.3 Å².